The Labute approximate surface area is 372 Å². The summed E-state index contributed by atoms with van der Waals surface area (Å²) in [5.74, 6) is 1.28. The first-order valence-electron chi connectivity index (χ1n) is 23.2. The minimum atomic E-state index is -0.384. The molecular weight excluding hydrogens is 815 g/mol. The highest BCUT2D eigenvalue weighted by Gasteiger charge is 2.38. The molecule has 0 bridgehead atoms. The van der Waals surface area contributed by atoms with Crippen LogP contribution in [0.4, 0.5) is 22.0 Å². The fourth-order valence-corrected chi connectivity index (χ4v) is 10.9. The van der Waals surface area contributed by atoms with Crippen LogP contribution >= 0.6 is 0 Å². The Balaban J connectivity index is 0.753. The molecule has 17 nitrogen and oxygen atoms in total. The molecule has 6 aliphatic rings. The molecule has 2 aromatic carbocycles. The summed E-state index contributed by atoms with van der Waals surface area (Å²) in [4.78, 5) is 62.3. The first-order valence-corrected chi connectivity index (χ1v) is 23.2. The summed E-state index contributed by atoms with van der Waals surface area (Å²) in [6.07, 6.45) is 13.5. The molecule has 4 amide bonds. The number of hydrogen-bond donors (Lipinski definition) is 2. The second-order valence-corrected chi connectivity index (χ2v) is 18.0. The molecular formula is C47H57N11O6. The number of piperidine rings is 3. The van der Waals surface area contributed by atoms with Crippen LogP contribution in [0.5, 0.6) is 11.5 Å². The molecule has 64 heavy (non-hydrogen) atoms. The number of nitrogens with one attached hydrogen (secondary N) is 1. The number of nitrogens with two attached hydrogens (primary N) is 1. The van der Waals surface area contributed by atoms with Crippen LogP contribution in [0.25, 0.3) is 16.9 Å². The van der Waals surface area contributed by atoms with Crippen molar-refractivity contribution in [3.8, 4) is 28.4 Å². The number of ether oxygens (including phenoxy) is 2. The van der Waals surface area contributed by atoms with Crippen LogP contribution in [0.1, 0.15) is 82.1 Å². The largest absolute Gasteiger partial charge is 0.489 e. The van der Waals surface area contributed by atoms with Gasteiger partial charge < -0.3 is 34.8 Å². The summed E-state index contributed by atoms with van der Waals surface area (Å²) in [7, 11) is 0. The van der Waals surface area contributed by atoms with E-state index in [-0.39, 0.29) is 35.7 Å². The van der Waals surface area contributed by atoms with Crippen LogP contribution in [-0.2, 0) is 14.4 Å². The highest BCUT2D eigenvalue weighted by Crippen LogP contribution is 2.45. The first-order chi connectivity index (χ1) is 31.3. The van der Waals surface area contributed by atoms with Crippen molar-refractivity contribution in [3.05, 3.63) is 66.5 Å². The van der Waals surface area contributed by atoms with Crippen LogP contribution in [0.2, 0.25) is 0 Å². The van der Waals surface area contributed by atoms with E-state index >= 15 is 0 Å². The number of aromatic nitrogens is 4. The van der Waals surface area contributed by atoms with Gasteiger partial charge in [0.2, 0.25) is 17.7 Å². The Bertz CT molecular complexity index is 2390. The maximum Gasteiger partial charge on any atom is 0.415 e. The molecule has 17 heteroatoms. The van der Waals surface area contributed by atoms with Gasteiger partial charge in [-0.25, -0.2) is 9.48 Å². The lowest BCUT2D eigenvalue weighted by Crippen LogP contribution is -2.54. The molecule has 1 saturated carbocycles. The van der Waals surface area contributed by atoms with Gasteiger partial charge in [0.05, 0.1) is 42.6 Å². The van der Waals surface area contributed by atoms with E-state index in [1.165, 1.54) is 24.8 Å². The van der Waals surface area contributed by atoms with Crippen molar-refractivity contribution in [2.45, 2.75) is 94.7 Å². The average molecular weight is 872 g/mol. The van der Waals surface area contributed by atoms with Gasteiger partial charge in [0.15, 0.2) is 5.82 Å². The molecule has 4 saturated heterocycles. The number of para-hydroxylation sites is 2. The number of fused-ring (bicyclic) bond motifs is 1. The Morgan fingerprint density at radius 2 is 1.59 bits per heavy atom. The predicted octanol–water partition coefficient (Wildman–Crippen LogP) is 4.74. The van der Waals surface area contributed by atoms with E-state index in [1.54, 1.807) is 39.0 Å². The van der Waals surface area contributed by atoms with Crippen LogP contribution < -0.4 is 30.3 Å². The summed E-state index contributed by atoms with van der Waals surface area (Å²) in [5.41, 5.74) is 10.7. The van der Waals surface area contributed by atoms with E-state index in [4.69, 9.17) is 15.2 Å². The summed E-state index contributed by atoms with van der Waals surface area (Å²) < 4.78 is 13.9. The molecule has 3 N–H and O–H groups in total. The minimum absolute atomic E-state index is 0.0139. The highest BCUT2D eigenvalue weighted by molar-refractivity contribution is 6.02. The van der Waals surface area contributed by atoms with E-state index in [2.05, 4.69) is 41.4 Å². The van der Waals surface area contributed by atoms with Gasteiger partial charge in [0, 0.05) is 50.2 Å². The number of nitrogens with zero attached hydrogens (tertiary/aromatic N) is 9. The van der Waals surface area contributed by atoms with Crippen molar-refractivity contribution in [3.63, 3.8) is 0 Å². The van der Waals surface area contributed by atoms with Crippen LogP contribution in [0.3, 0.4) is 0 Å². The van der Waals surface area contributed by atoms with Crippen molar-refractivity contribution in [1.29, 1.82) is 0 Å². The third kappa shape index (κ3) is 8.50. The zero-order valence-electron chi connectivity index (χ0n) is 36.3. The van der Waals surface area contributed by atoms with Gasteiger partial charge >= 0.3 is 6.09 Å². The minimum Gasteiger partial charge on any atom is -0.489 e. The number of anilines is 3. The van der Waals surface area contributed by atoms with E-state index < -0.39 is 0 Å². The van der Waals surface area contributed by atoms with Gasteiger partial charge in [-0.3, -0.25) is 24.6 Å². The monoisotopic (exact) mass is 871 g/mol. The number of amides is 4. The number of rotatable bonds is 8. The van der Waals surface area contributed by atoms with E-state index in [9.17, 15) is 19.2 Å². The molecule has 5 fully saturated rings. The van der Waals surface area contributed by atoms with Gasteiger partial charge in [0.25, 0.3) is 0 Å². The topological polar surface area (TPSA) is 185 Å². The molecule has 1 aliphatic carbocycles. The van der Waals surface area contributed by atoms with Gasteiger partial charge in [-0.2, -0.15) is 5.10 Å². The Morgan fingerprint density at radius 3 is 2.39 bits per heavy atom. The molecule has 10 rings (SSSR count). The average Bonchev–Trinajstić information content (AvgIpc) is 3.82. The number of piperazine rings is 1. The quantitative estimate of drug-likeness (QED) is 0.232. The van der Waals surface area contributed by atoms with Crippen molar-refractivity contribution >= 4 is 41.0 Å². The number of hydrogen-bond acceptors (Lipinski definition) is 13. The maximum absolute atomic E-state index is 13.8. The highest BCUT2D eigenvalue weighted by atomic mass is 16.6. The summed E-state index contributed by atoms with van der Waals surface area (Å²) in [6, 6.07) is 15.7. The number of carbonyl (C=O) groups is 4. The number of nitrogen functional groups attached to an aromatic ring is 1. The summed E-state index contributed by atoms with van der Waals surface area (Å²) in [6.45, 7) is 6.31. The number of carbonyl (C=O) groups excluding carboxylic acids is 4. The SMILES string of the molecule is Nc1nnc(-c2ccccc2OC(=O)N2CCC(N3CCCCC3)CC2)cc1-n1cc(N2CCN(C3CCC(c4cccc5c4OCCN5[C@H]4CCC(=O)NC4=O)CC3)CC2=O)cn1. The summed E-state index contributed by atoms with van der Waals surface area (Å²) >= 11 is 0. The zero-order chi connectivity index (χ0) is 43.7. The van der Waals surface area contributed by atoms with Gasteiger partial charge in [-0.15, -0.1) is 10.2 Å². The predicted molar refractivity (Wildman–Crippen MR) is 239 cm³/mol. The molecule has 336 valence electrons. The fourth-order valence-electron chi connectivity index (χ4n) is 10.9. The Kier molecular flexibility index (Phi) is 11.9. The van der Waals surface area contributed by atoms with Crippen molar-refractivity contribution in [1.82, 2.24) is 40.0 Å². The van der Waals surface area contributed by atoms with E-state index in [0.29, 0.717) is 98.6 Å². The van der Waals surface area contributed by atoms with Crippen LogP contribution in [0.15, 0.2) is 60.9 Å². The third-order valence-electron chi connectivity index (χ3n) is 14.3. The normalized spacial score (nSPS) is 24.0. The Hall–Kier alpha value is -6.07. The summed E-state index contributed by atoms with van der Waals surface area (Å²) in [5, 5.41) is 15.7. The maximum atomic E-state index is 13.8. The molecule has 7 heterocycles. The number of benzene rings is 2. The Morgan fingerprint density at radius 1 is 0.797 bits per heavy atom. The fraction of sp³-hybridized carbons (Fsp3) is 0.511. The van der Waals surface area contributed by atoms with Crippen molar-refractivity contribution < 1.29 is 28.7 Å². The lowest BCUT2D eigenvalue weighted by atomic mass is 9.80. The van der Waals surface area contributed by atoms with Crippen molar-refractivity contribution in [2.75, 3.05) is 74.5 Å². The lowest BCUT2D eigenvalue weighted by molar-refractivity contribution is -0.134. The van der Waals surface area contributed by atoms with Gasteiger partial charge in [-0.1, -0.05) is 30.7 Å². The van der Waals surface area contributed by atoms with E-state index in [1.807, 2.05) is 30.3 Å². The van der Waals surface area contributed by atoms with E-state index in [0.717, 1.165) is 69.6 Å². The molecule has 4 aromatic rings. The first kappa shape index (κ1) is 41.9. The van der Waals surface area contributed by atoms with Gasteiger partial charge in [-0.05, 0) is 107 Å². The molecule has 1 atom stereocenters. The third-order valence-corrected chi connectivity index (χ3v) is 14.3. The molecule has 5 aliphatic heterocycles. The number of imide groups is 1. The zero-order valence-corrected chi connectivity index (χ0v) is 36.3. The number of likely N-dealkylation sites (tertiary alicyclic amines) is 2. The van der Waals surface area contributed by atoms with Crippen LogP contribution in [0, 0.1) is 0 Å². The van der Waals surface area contributed by atoms with Gasteiger partial charge in [0.1, 0.15) is 29.8 Å². The molecule has 0 radical (unpaired) electrons. The smallest absolute Gasteiger partial charge is 0.415 e. The molecule has 0 spiro atoms. The molecule has 2 aromatic heterocycles. The molecule has 0 unspecified atom stereocenters. The van der Waals surface area contributed by atoms with Crippen molar-refractivity contribution in [2.24, 2.45) is 0 Å². The lowest BCUT2D eigenvalue weighted by Gasteiger charge is -2.42. The second-order valence-electron chi connectivity index (χ2n) is 18.0. The standard InChI is InChI=1S/C47H57N11O6/c48-45-40(27-37(51-52-45)36-7-2-3-10-41(36)64-47(62)54-21-17-33(18-22-54)53-19-4-1-5-20-53)58-29-34(28-49-58)56-24-23-55(30-43(56)60)32-13-11-31(12-14-32)35-8-6-9-38-44(35)63-26-25-57(38)39-15-16-42(59)50-46(39)61/h2-3,6-10,27-29,31-33,39H,1,4-5,11-26,30H2,(H2,48,52)(H,50,59,61)/t31?,32?,39-/m0/s1. The van der Waals surface area contributed by atoms with Crippen LogP contribution in [-0.4, -0.2) is 136 Å². The second kappa shape index (κ2) is 18.2.